The number of carbonyl (C=O) groups is 1. The van der Waals surface area contributed by atoms with Crippen LogP contribution in [0.15, 0.2) is 133 Å². The molecule has 4 aromatic rings. The molecule has 0 bridgehead atoms. The first-order valence-electron chi connectivity index (χ1n) is 24.3. The van der Waals surface area contributed by atoms with Crippen LogP contribution >= 0.6 is 0 Å². The Kier molecular flexibility index (Phi) is 17.3. The zero-order valence-electron chi connectivity index (χ0n) is 39.0. The number of allylic oxidation sites excluding steroid dienone is 1. The minimum Gasteiger partial charge on any atom is -0.492 e. The Morgan fingerprint density at radius 2 is 1.59 bits per heavy atom. The van der Waals surface area contributed by atoms with E-state index in [0.29, 0.717) is 43.1 Å². The molecular formula is C55H66FN3O9. The largest absolute Gasteiger partial charge is 0.492 e. The normalized spacial score (nSPS) is 23.1. The van der Waals surface area contributed by atoms with Gasteiger partial charge >= 0.3 is 6.09 Å². The highest BCUT2D eigenvalue weighted by Gasteiger charge is 2.65. The molecule has 0 spiro atoms. The Bertz CT molecular complexity index is 2290. The van der Waals surface area contributed by atoms with E-state index in [1.807, 2.05) is 72.8 Å². The first-order valence-corrected chi connectivity index (χ1v) is 24.3. The van der Waals surface area contributed by atoms with Crippen LogP contribution in [0.4, 0.5) is 9.18 Å². The van der Waals surface area contributed by atoms with Crippen molar-refractivity contribution < 1.29 is 47.9 Å². The minimum absolute atomic E-state index is 0.0240. The summed E-state index contributed by atoms with van der Waals surface area (Å²) in [5, 5.41) is 25.0. The van der Waals surface area contributed by atoms with Gasteiger partial charge in [0.2, 0.25) is 5.79 Å². The Morgan fingerprint density at radius 1 is 0.868 bits per heavy atom. The van der Waals surface area contributed by atoms with E-state index in [-0.39, 0.29) is 70.4 Å². The average Bonchev–Trinajstić information content (AvgIpc) is 4.20. The molecule has 6 atom stereocenters. The summed E-state index contributed by atoms with van der Waals surface area (Å²) in [5.41, 5.74) is 5.17. The van der Waals surface area contributed by atoms with E-state index in [4.69, 9.17) is 33.7 Å². The molecule has 1 saturated heterocycles. The number of hydrogen-bond acceptors (Lipinski definition) is 11. The number of halogens is 1. The molecule has 362 valence electrons. The van der Waals surface area contributed by atoms with E-state index in [2.05, 4.69) is 23.6 Å². The summed E-state index contributed by atoms with van der Waals surface area (Å²) in [6.45, 7) is 8.62. The van der Waals surface area contributed by atoms with Gasteiger partial charge in [0, 0.05) is 57.3 Å². The molecule has 4 aromatic carbocycles. The summed E-state index contributed by atoms with van der Waals surface area (Å²) in [6, 6.07) is 30.9. The smallest absolute Gasteiger partial charge is 0.410 e. The van der Waals surface area contributed by atoms with Crippen LogP contribution in [0, 0.1) is 23.6 Å². The van der Waals surface area contributed by atoms with Gasteiger partial charge in [-0.2, -0.15) is 0 Å². The molecule has 2 aliphatic heterocycles. The van der Waals surface area contributed by atoms with Gasteiger partial charge in [0.15, 0.2) is 0 Å². The van der Waals surface area contributed by atoms with Crippen LogP contribution in [0.25, 0.3) is 0 Å². The minimum atomic E-state index is -1.52. The second-order valence-corrected chi connectivity index (χ2v) is 18.1. The molecule has 2 N–H and O–H groups in total. The first-order chi connectivity index (χ1) is 33.4. The summed E-state index contributed by atoms with van der Waals surface area (Å²) >= 11 is 0. The van der Waals surface area contributed by atoms with Crippen molar-refractivity contribution in [2.75, 3.05) is 59.3 Å². The summed E-state index contributed by atoms with van der Waals surface area (Å²) in [6.07, 6.45) is 8.05. The van der Waals surface area contributed by atoms with E-state index in [1.54, 1.807) is 23.1 Å². The number of oxime groups is 1. The highest BCUT2D eigenvalue weighted by Crippen LogP contribution is 2.62. The molecule has 1 amide bonds. The Balaban J connectivity index is 1.25. The van der Waals surface area contributed by atoms with Gasteiger partial charge in [0.1, 0.15) is 43.2 Å². The highest BCUT2D eigenvalue weighted by molar-refractivity contribution is 6.03. The van der Waals surface area contributed by atoms with Gasteiger partial charge in [-0.3, -0.25) is 9.80 Å². The number of fused-ring (bicyclic) bond motifs is 2. The third-order valence-corrected chi connectivity index (χ3v) is 13.6. The summed E-state index contributed by atoms with van der Waals surface area (Å²) in [4.78, 5) is 25.2. The van der Waals surface area contributed by atoms with Gasteiger partial charge in [0.05, 0.1) is 31.5 Å². The van der Waals surface area contributed by atoms with Crippen LogP contribution in [-0.2, 0) is 38.8 Å². The molecule has 8 rings (SSSR count). The lowest BCUT2D eigenvalue weighted by Gasteiger charge is -2.59. The number of unbranched alkanes of at least 4 members (excludes halogenated alkanes) is 2. The number of nitrogens with zero attached hydrogens (tertiary/aromatic N) is 3. The third kappa shape index (κ3) is 12.2. The molecule has 68 heavy (non-hydrogen) atoms. The number of benzene rings is 4. The van der Waals surface area contributed by atoms with Crippen molar-refractivity contribution in [1.82, 2.24) is 9.80 Å². The monoisotopic (exact) mass is 931 g/mol. The first kappa shape index (κ1) is 48.9. The summed E-state index contributed by atoms with van der Waals surface area (Å²) < 4.78 is 47.5. The molecule has 13 heteroatoms. The van der Waals surface area contributed by atoms with Crippen molar-refractivity contribution in [2.45, 2.75) is 82.5 Å². The van der Waals surface area contributed by atoms with Crippen molar-refractivity contribution in [3.05, 3.63) is 156 Å². The van der Waals surface area contributed by atoms with Crippen molar-refractivity contribution in [2.24, 2.45) is 22.9 Å². The Labute approximate surface area is 399 Å². The van der Waals surface area contributed by atoms with Crippen LogP contribution in [0.3, 0.4) is 0 Å². The number of aliphatic hydroxyl groups excluding tert-OH is 2. The van der Waals surface area contributed by atoms with Crippen molar-refractivity contribution >= 4 is 11.8 Å². The highest BCUT2D eigenvalue weighted by atomic mass is 19.1. The van der Waals surface area contributed by atoms with Gasteiger partial charge in [-0.05, 0) is 90.1 Å². The van der Waals surface area contributed by atoms with Crippen LogP contribution in [0.1, 0.15) is 73.1 Å². The maximum atomic E-state index is 15.0. The zero-order valence-corrected chi connectivity index (χ0v) is 39.0. The number of hydrogen-bond donors (Lipinski definition) is 2. The number of ether oxygens (including phenoxy) is 5. The summed E-state index contributed by atoms with van der Waals surface area (Å²) in [5.74, 6) is -1.26. The Hall–Kier alpha value is -5.57. The molecule has 6 unspecified atom stereocenters. The molecule has 12 nitrogen and oxygen atoms in total. The molecule has 2 aliphatic carbocycles. The molecule has 0 aromatic heterocycles. The fourth-order valence-corrected chi connectivity index (χ4v) is 10.2. The second kappa shape index (κ2) is 24.1. The van der Waals surface area contributed by atoms with Crippen molar-refractivity contribution in [3.63, 3.8) is 0 Å². The fraction of sp³-hybridized carbons (Fsp3) is 0.455. The SMILES string of the molecule is C=CCOC12Oc3ccc(OCCN4CC4)cc3C3C(CCCCO)C(CCCCO)C=C(C(=NOCc4ccccc4)CC1N(Cc1ccc(F)cc1)C(=O)OCCOCc1ccccc1)C32. The van der Waals surface area contributed by atoms with Gasteiger partial charge in [-0.25, -0.2) is 9.18 Å². The van der Waals surface area contributed by atoms with Gasteiger partial charge < -0.3 is 38.7 Å². The fourth-order valence-electron chi connectivity index (χ4n) is 10.2. The van der Waals surface area contributed by atoms with E-state index in [9.17, 15) is 19.4 Å². The molecule has 1 saturated carbocycles. The number of rotatable bonds is 26. The van der Waals surface area contributed by atoms with Crippen LogP contribution < -0.4 is 9.47 Å². The summed E-state index contributed by atoms with van der Waals surface area (Å²) in [7, 11) is 0. The second-order valence-electron chi connectivity index (χ2n) is 18.1. The number of amides is 1. The van der Waals surface area contributed by atoms with Crippen LogP contribution in [0.2, 0.25) is 0 Å². The maximum Gasteiger partial charge on any atom is 0.410 e. The number of carbonyl (C=O) groups excluding carboxylic acids is 1. The van der Waals surface area contributed by atoms with Gasteiger partial charge in [0.25, 0.3) is 0 Å². The molecule has 4 aliphatic rings. The van der Waals surface area contributed by atoms with E-state index >= 15 is 0 Å². The molecular weight excluding hydrogens is 866 g/mol. The van der Waals surface area contributed by atoms with Gasteiger partial charge in [-0.1, -0.05) is 103 Å². The molecule has 2 fully saturated rings. The van der Waals surface area contributed by atoms with E-state index < -0.39 is 29.7 Å². The lowest BCUT2D eigenvalue weighted by Crippen LogP contribution is -2.70. The Morgan fingerprint density at radius 3 is 2.29 bits per heavy atom. The molecule has 2 heterocycles. The number of aliphatic hydroxyl groups is 2. The average molecular weight is 932 g/mol. The predicted octanol–water partition coefficient (Wildman–Crippen LogP) is 9.21. The third-order valence-electron chi connectivity index (χ3n) is 13.6. The van der Waals surface area contributed by atoms with E-state index in [0.717, 1.165) is 73.3 Å². The zero-order chi connectivity index (χ0) is 47.1. The van der Waals surface area contributed by atoms with Crippen LogP contribution in [-0.4, -0.2) is 103 Å². The van der Waals surface area contributed by atoms with Crippen molar-refractivity contribution in [1.29, 1.82) is 0 Å². The van der Waals surface area contributed by atoms with Crippen molar-refractivity contribution in [3.8, 4) is 11.5 Å². The topological polar surface area (TPSA) is 132 Å². The van der Waals surface area contributed by atoms with Crippen LogP contribution in [0.5, 0.6) is 11.5 Å². The van der Waals surface area contributed by atoms with E-state index in [1.165, 1.54) is 12.1 Å². The maximum absolute atomic E-state index is 15.0. The predicted molar refractivity (Wildman–Crippen MR) is 258 cm³/mol. The quantitative estimate of drug-likeness (QED) is 0.0272. The lowest BCUT2D eigenvalue weighted by atomic mass is 9.55. The van der Waals surface area contributed by atoms with Gasteiger partial charge in [-0.15, -0.1) is 6.58 Å². The standard InChI is InChI=1S/C55H66FN3O9/c1-2-30-66-55-51(59(37-40-19-21-44(56)22-20-40)54(62)65-33-32-63-38-41-13-5-3-6-14-41)36-49(57-67-39-42-15-7-4-8-16-42)47-34-43(17-9-11-28-60)46(18-10-12-29-61)52(53(47)55)48-35-45(23-24-50(48)68-55)64-31-27-58-25-26-58/h2-8,13-16,19-24,34-35,43,46,51-53,60-61H,1,9-12,17-18,25-33,36-39H2. The molecule has 0 radical (unpaired) electrons. The lowest BCUT2D eigenvalue weighted by molar-refractivity contribution is -0.256.